The molecule has 0 bridgehead atoms. The lowest BCUT2D eigenvalue weighted by atomic mass is 9.78. The van der Waals surface area contributed by atoms with Crippen LogP contribution in [0, 0.1) is 0 Å². The fourth-order valence-corrected chi connectivity index (χ4v) is 9.10. The molecule has 9 rings (SSSR count). The van der Waals surface area contributed by atoms with Gasteiger partial charge >= 0.3 is 13.1 Å². The van der Waals surface area contributed by atoms with Crippen molar-refractivity contribution in [2.75, 3.05) is 32.8 Å². The summed E-state index contributed by atoms with van der Waals surface area (Å²) >= 11 is 0. The fraction of sp³-hybridized carbons (Fsp3) is 0.286. The molecule has 3 fully saturated rings. The molecule has 12 heteroatoms. The molecular weight excluding hydrogens is 765 g/mol. The maximum Gasteiger partial charge on any atom is 0.566 e. The summed E-state index contributed by atoms with van der Waals surface area (Å²) in [5, 5.41) is 0.860. The number of H-pyrrole nitrogens is 1. The molecule has 61 heavy (non-hydrogen) atoms. The largest absolute Gasteiger partial charge is 0.566 e. The zero-order valence-corrected chi connectivity index (χ0v) is 34.1. The summed E-state index contributed by atoms with van der Waals surface area (Å²) in [6.45, 7) is 3.46. The fourth-order valence-electron chi connectivity index (χ4n) is 9.10. The molecule has 4 heterocycles. The number of amides is 2. The van der Waals surface area contributed by atoms with Crippen molar-refractivity contribution in [3.8, 4) is 5.75 Å². The Labute approximate surface area is 356 Å². The highest BCUT2D eigenvalue weighted by molar-refractivity contribution is 6.64. The van der Waals surface area contributed by atoms with E-state index in [2.05, 4.69) is 41.4 Å². The number of nitrogens with two attached hydrogens (primary N) is 2. The van der Waals surface area contributed by atoms with Crippen molar-refractivity contribution in [3.63, 3.8) is 0 Å². The molecule has 0 radical (unpaired) electrons. The van der Waals surface area contributed by atoms with Gasteiger partial charge < -0.3 is 40.3 Å². The first-order valence-electron chi connectivity index (χ1n) is 21.3. The summed E-state index contributed by atoms with van der Waals surface area (Å²) in [4.78, 5) is 48.5. The first-order valence-corrected chi connectivity index (χ1v) is 21.3. The van der Waals surface area contributed by atoms with Crippen LogP contribution in [0.4, 0.5) is 0 Å². The van der Waals surface area contributed by atoms with Gasteiger partial charge in [-0.25, -0.2) is 0 Å². The van der Waals surface area contributed by atoms with Crippen molar-refractivity contribution in [2.24, 2.45) is 11.5 Å². The molecule has 11 nitrogen and oxygen atoms in total. The van der Waals surface area contributed by atoms with Crippen LogP contribution in [0.25, 0.3) is 10.9 Å². The lowest BCUT2D eigenvalue weighted by molar-refractivity contribution is -0.146. The lowest BCUT2D eigenvalue weighted by Crippen LogP contribution is -2.41. The number of nitrogens with one attached hydrogen (secondary N) is 1. The van der Waals surface area contributed by atoms with Gasteiger partial charge in [0, 0.05) is 55.7 Å². The molecule has 0 aliphatic carbocycles. The Hall–Kier alpha value is -6.21. The first kappa shape index (κ1) is 40.2. The molecule has 3 aliphatic rings. The van der Waals surface area contributed by atoms with Gasteiger partial charge in [-0.15, -0.1) is 0 Å². The normalized spacial score (nSPS) is 18.7. The minimum absolute atomic E-state index is 0.0456. The standard InChI is InChI=1S/C49H50BN5O6/c51-30-33-7-4-9-37(25-33)35-17-21-54(22-18-35)46(56)40-11-6-14-43(27-40)59-32-49(41-12-2-1-3-13-41)48(58)60-50(61-49)42-16-15-39-28-45(53-44(39)29-42)47(57)55-23-19-36(20-24-55)38-10-5-8-34(26-38)31-52/h1-16,25-29,35-36,53H,17-24,30-32,51-52H2/t49-/m1/s1. The molecule has 3 aliphatic heterocycles. The molecule has 310 valence electrons. The molecule has 3 saturated heterocycles. The number of aromatic nitrogens is 1. The Morgan fingerprint density at radius 2 is 1.33 bits per heavy atom. The lowest BCUT2D eigenvalue weighted by Gasteiger charge is -2.32. The molecule has 1 aromatic heterocycles. The first-order chi connectivity index (χ1) is 29.8. The average molecular weight is 816 g/mol. The van der Waals surface area contributed by atoms with E-state index >= 15 is 0 Å². The molecule has 5 aromatic carbocycles. The third-order valence-electron chi connectivity index (χ3n) is 12.6. The van der Waals surface area contributed by atoms with Gasteiger partial charge in [0.1, 0.15) is 18.1 Å². The second kappa shape index (κ2) is 17.4. The van der Waals surface area contributed by atoms with Crippen molar-refractivity contribution in [1.29, 1.82) is 0 Å². The Morgan fingerprint density at radius 3 is 1.97 bits per heavy atom. The third kappa shape index (κ3) is 8.31. The molecule has 1 atom stereocenters. The third-order valence-corrected chi connectivity index (χ3v) is 12.6. The molecule has 0 unspecified atom stereocenters. The topological polar surface area (TPSA) is 153 Å². The highest BCUT2D eigenvalue weighted by atomic mass is 16.7. The maximum absolute atomic E-state index is 14.0. The van der Waals surface area contributed by atoms with Crippen LogP contribution in [0.1, 0.15) is 86.2 Å². The van der Waals surface area contributed by atoms with Crippen molar-refractivity contribution < 1.29 is 28.4 Å². The summed E-state index contributed by atoms with van der Waals surface area (Å²) in [5.41, 5.74) is 17.9. The van der Waals surface area contributed by atoms with Crippen LogP contribution < -0.4 is 21.7 Å². The maximum atomic E-state index is 14.0. The number of hydrogen-bond acceptors (Lipinski definition) is 8. The van der Waals surface area contributed by atoms with Crippen molar-refractivity contribution in [2.45, 2.75) is 56.2 Å². The Morgan fingerprint density at radius 1 is 0.705 bits per heavy atom. The van der Waals surface area contributed by atoms with Gasteiger partial charge in [0.05, 0.1) is 0 Å². The highest BCUT2D eigenvalue weighted by Crippen LogP contribution is 2.36. The number of ether oxygens (including phenoxy) is 1. The van der Waals surface area contributed by atoms with Crippen LogP contribution >= 0.6 is 0 Å². The van der Waals surface area contributed by atoms with E-state index in [0.29, 0.717) is 79.1 Å². The SMILES string of the molecule is NCc1cccc(C2CCN(C(=O)c3cccc(OC[C@]4(c5ccccc5)OB(c5ccc6cc(C(=O)N7CCC(c8cccc(CN)c8)CC7)[nH]c6c5)OC4=O)c3)CC2)c1. The van der Waals surface area contributed by atoms with Gasteiger partial charge in [-0.1, -0.05) is 97.1 Å². The van der Waals surface area contributed by atoms with E-state index in [1.807, 2.05) is 76.5 Å². The summed E-state index contributed by atoms with van der Waals surface area (Å²) in [6, 6.07) is 40.5. The quantitative estimate of drug-likeness (QED) is 0.128. The van der Waals surface area contributed by atoms with Crippen molar-refractivity contribution >= 4 is 41.3 Å². The number of rotatable bonds is 11. The van der Waals surface area contributed by atoms with Crippen LogP contribution in [0.3, 0.4) is 0 Å². The van der Waals surface area contributed by atoms with Gasteiger partial charge in [0.2, 0.25) is 5.60 Å². The van der Waals surface area contributed by atoms with Crippen LogP contribution in [0.15, 0.2) is 127 Å². The minimum Gasteiger partial charge on any atom is -0.503 e. The molecular formula is C49H50BN5O6. The number of carbonyl (C=O) groups excluding carboxylic acids is 3. The van der Waals surface area contributed by atoms with E-state index in [1.165, 1.54) is 11.1 Å². The van der Waals surface area contributed by atoms with E-state index in [0.717, 1.165) is 47.7 Å². The number of nitrogens with zero attached hydrogens (tertiary/aromatic N) is 2. The van der Waals surface area contributed by atoms with Gasteiger partial charge in [-0.05, 0) is 101 Å². The summed E-state index contributed by atoms with van der Waals surface area (Å²) in [7, 11) is -1.03. The number of fused-ring (bicyclic) bond motifs is 1. The monoisotopic (exact) mass is 815 g/mol. The zero-order valence-electron chi connectivity index (χ0n) is 34.1. The van der Waals surface area contributed by atoms with Crippen LogP contribution in [-0.4, -0.2) is 72.5 Å². The Bertz CT molecular complexity index is 2550. The van der Waals surface area contributed by atoms with Gasteiger partial charge in [0.15, 0.2) is 0 Å². The number of carbonyl (C=O) groups is 3. The van der Waals surface area contributed by atoms with Gasteiger partial charge in [-0.2, -0.15) is 0 Å². The van der Waals surface area contributed by atoms with Crippen LogP contribution in [-0.2, 0) is 32.8 Å². The van der Waals surface area contributed by atoms with Gasteiger partial charge in [-0.3, -0.25) is 14.4 Å². The number of hydrogen-bond donors (Lipinski definition) is 3. The summed E-state index contributed by atoms with van der Waals surface area (Å²) in [5.74, 6) is 0.513. The van der Waals surface area contributed by atoms with Crippen molar-refractivity contribution in [3.05, 3.63) is 166 Å². The van der Waals surface area contributed by atoms with E-state index in [1.54, 1.807) is 24.3 Å². The highest BCUT2D eigenvalue weighted by Gasteiger charge is 2.55. The predicted molar refractivity (Wildman–Crippen MR) is 235 cm³/mol. The van der Waals surface area contributed by atoms with E-state index in [4.69, 9.17) is 25.5 Å². The summed E-state index contributed by atoms with van der Waals surface area (Å²) in [6.07, 6.45) is 3.52. The van der Waals surface area contributed by atoms with E-state index in [-0.39, 0.29) is 18.4 Å². The minimum atomic E-state index is -1.58. The van der Waals surface area contributed by atoms with E-state index < -0.39 is 18.7 Å². The Balaban J connectivity index is 0.864. The molecule has 0 saturated carbocycles. The molecule has 5 N–H and O–H groups in total. The average Bonchev–Trinajstić information content (AvgIpc) is 3.92. The van der Waals surface area contributed by atoms with Crippen LogP contribution in [0.2, 0.25) is 0 Å². The number of likely N-dealkylation sites (tertiary alicyclic amines) is 2. The number of aromatic amines is 1. The molecule has 2 amide bonds. The van der Waals surface area contributed by atoms with Crippen LogP contribution in [0.5, 0.6) is 5.75 Å². The number of piperidine rings is 2. The predicted octanol–water partition coefficient (Wildman–Crippen LogP) is 6.37. The van der Waals surface area contributed by atoms with Gasteiger partial charge in [0.25, 0.3) is 11.8 Å². The number of benzene rings is 5. The van der Waals surface area contributed by atoms with Crippen molar-refractivity contribution in [1.82, 2.24) is 14.8 Å². The zero-order chi connectivity index (χ0) is 41.9. The molecule has 6 aromatic rings. The Kier molecular flexibility index (Phi) is 11.5. The second-order valence-electron chi connectivity index (χ2n) is 16.4. The summed E-state index contributed by atoms with van der Waals surface area (Å²) < 4.78 is 18.8. The van der Waals surface area contributed by atoms with E-state index in [9.17, 15) is 14.4 Å². The molecule has 0 spiro atoms. The smallest absolute Gasteiger partial charge is 0.503 e. The second-order valence-corrected chi connectivity index (χ2v) is 16.4.